The summed E-state index contributed by atoms with van der Waals surface area (Å²) in [7, 11) is -2.36. The van der Waals surface area contributed by atoms with Crippen LogP contribution < -0.4 is 5.32 Å². The first-order valence-corrected chi connectivity index (χ1v) is 57.0. The molecule has 4 fully saturated rings. The van der Waals surface area contributed by atoms with Crippen molar-refractivity contribution in [1.82, 2.24) is 5.32 Å². The van der Waals surface area contributed by atoms with Gasteiger partial charge in [0.05, 0.1) is 77.9 Å². The summed E-state index contributed by atoms with van der Waals surface area (Å²) in [6.07, 6.45) is 20.7. The second kappa shape index (κ2) is 50.1. The highest BCUT2D eigenvalue weighted by Crippen LogP contribution is 2.54. The number of nitrogens with one attached hydrogen (secondary N) is 1. The maximum absolute atomic E-state index is 15.6. The largest absolute Gasteiger partial charge is 0.462 e. The maximum Gasteiger partial charge on any atom is 0.407 e. The van der Waals surface area contributed by atoms with Gasteiger partial charge in [0.25, 0.3) is 5.69 Å². The number of benzene rings is 1. The Morgan fingerprint density at radius 3 is 1.65 bits per heavy atom. The fourth-order valence-corrected chi connectivity index (χ4v) is 30.0. The minimum atomic E-state index is -2.78. The fourth-order valence-electron chi connectivity index (χ4n) is 16.9. The van der Waals surface area contributed by atoms with Crippen LogP contribution in [0.4, 0.5) is 10.5 Å². The molecule has 0 spiro atoms. The summed E-state index contributed by atoms with van der Waals surface area (Å²) < 4.78 is 105. The van der Waals surface area contributed by atoms with Crippen molar-refractivity contribution in [3.63, 3.8) is 0 Å². The van der Waals surface area contributed by atoms with E-state index in [1.807, 2.05) is 92.8 Å². The monoisotopic (exact) mass is 1770 g/mol. The summed E-state index contributed by atoms with van der Waals surface area (Å²) in [5.74, 6) is -4.02. The van der Waals surface area contributed by atoms with Crippen molar-refractivity contribution in [2.45, 2.75) is 325 Å². The van der Waals surface area contributed by atoms with E-state index in [-0.39, 0.29) is 103 Å². The number of nitro benzene ring substituents is 1. The van der Waals surface area contributed by atoms with Crippen LogP contribution in [0.5, 0.6) is 0 Å². The number of rotatable bonds is 29. The average molecular weight is 1770 g/mol. The summed E-state index contributed by atoms with van der Waals surface area (Å²) in [4.78, 5) is 70.4. The van der Waals surface area contributed by atoms with Gasteiger partial charge in [-0.15, -0.1) is 17.9 Å². The molecule has 1 aromatic carbocycles. The van der Waals surface area contributed by atoms with Gasteiger partial charge in [0, 0.05) is 51.3 Å². The number of nitro groups is 1. The lowest BCUT2D eigenvalue weighted by atomic mass is 9.82. The van der Waals surface area contributed by atoms with E-state index in [1.165, 1.54) is 36.4 Å². The van der Waals surface area contributed by atoms with Crippen molar-refractivity contribution in [2.75, 3.05) is 33.7 Å². The van der Waals surface area contributed by atoms with E-state index >= 15 is 4.79 Å². The van der Waals surface area contributed by atoms with Crippen molar-refractivity contribution in [3.05, 3.63) is 150 Å². The van der Waals surface area contributed by atoms with E-state index in [4.69, 9.17) is 70.1 Å². The Morgan fingerprint density at radius 2 is 1.13 bits per heavy atom. The van der Waals surface area contributed by atoms with Gasteiger partial charge in [0.2, 0.25) is 0 Å². The molecule has 0 radical (unpaired) electrons. The Balaban J connectivity index is 1.61. The molecule has 5 aliphatic heterocycles. The standard InChI is InChI=1S/C88H144N2O21P4Si3/c1-23-51-98-83(93)78-75-54-69(102-84-81(107-82(92)67-45-47-68(48-46-67)90(95)96)79(89-85(94)99-52-24-2)80(66(19)101-84)111-118(29-7,30-8)61(13)14)44-42-40-38-36-34-32-31-33-35-37-39-41-43-62(15)63(16)64(17)65(18)100-77(91)56-71-53-70(103-86(104-71)114(21)112)49-50-73(109-116(25-3,26-4)59(9)10)74-55-72(105-87(106-74)115(22)113)57-88(97-20,108-75)58-76(78)110-117(27-5,28-6)60(11)12/h23-24,31-48,59-66,69-76,78-81,84,86-87H,1-2,25-30,49-58,112-113H2,3-22H3,(H,89,94)/b32-31+,35-33+,36-34+,39-37+,40-38+,43-41+,44-42+/t62-,63+,64+,65-,66+,69-,70+,71+,72-,73+,74+,75?,76-,78-,79-,80+,81?,84-,86?,87?,88+,114?,115?/m0/s1. The summed E-state index contributed by atoms with van der Waals surface area (Å²) in [5, 5.41) is 15.0. The van der Waals surface area contributed by atoms with Gasteiger partial charge in [-0.25, -0.2) is 9.59 Å². The molecule has 1 N–H and O–H groups in total. The lowest BCUT2D eigenvalue weighted by molar-refractivity contribution is -0.384. The summed E-state index contributed by atoms with van der Waals surface area (Å²) in [6, 6.07) is 7.19. The molecule has 6 rings (SSSR count). The average Bonchev–Trinajstić information content (AvgIpc) is 0.759. The predicted octanol–water partition coefficient (Wildman–Crippen LogP) is 20.8. The molecule has 0 aromatic heterocycles. The van der Waals surface area contributed by atoms with E-state index < -0.39 is 160 Å². The minimum absolute atomic E-state index is 0.0331. The van der Waals surface area contributed by atoms with Gasteiger partial charge >= 0.3 is 24.0 Å². The minimum Gasteiger partial charge on any atom is -0.462 e. The normalized spacial score (nSPS) is 33.4. The van der Waals surface area contributed by atoms with E-state index in [2.05, 4.69) is 160 Å². The number of cyclic esters (lactones) is 1. The Bertz CT molecular complexity index is 3520. The zero-order valence-corrected chi connectivity index (χ0v) is 81.2. The number of carbonyl (C=O) groups excluding carboxylic acids is 4. The number of carbonyl (C=O) groups is 4. The first-order chi connectivity index (χ1) is 56.1. The quantitative estimate of drug-likeness (QED) is 0.0149. The highest BCUT2D eigenvalue weighted by Gasteiger charge is 2.58. The van der Waals surface area contributed by atoms with Crippen LogP contribution in [0.3, 0.4) is 0 Å². The molecule has 0 saturated carbocycles. The molecule has 5 aliphatic rings. The number of methoxy groups -OCH3 is 1. The van der Waals surface area contributed by atoms with Crippen LogP contribution in [0.25, 0.3) is 0 Å². The summed E-state index contributed by atoms with van der Waals surface area (Å²) >= 11 is 0. The van der Waals surface area contributed by atoms with Crippen molar-refractivity contribution in [3.8, 4) is 0 Å². The molecule has 8 unspecified atom stereocenters. The zero-order valence-electron chi connectivity index (χ0n) is 74.1. The van der Waals surface area contributed by atoms with Crippen LogP contribution in [0, 0.1) is 33.8 Å². The van der Waals surface area contributed by atoms with Gasteiger partial charge in [0.15, 0.2) is 55.2 Å². The number of hydrogen-bond acceptors (Lipinski definition) is 21. The van der Waals surface area contributed by atoms with E-state index in [0.717, 1.165) is 24.2 Å². The molecule has 1 amide bonds. The number of esters is 3. The van der Waals surface area contributed by atoms with Gasteiger partial charge in [0.1, 0.15) is 31.3 Å². The Morgan fingerprint density at radius 1 is 0.619 bits per heavy atom. The number of hydrogen-bond donors (Lipinski definition) is 1. The predicted molar refractivity (Wildman–Crippen MR) is 485 cm³/mol. The SMILES string of the molecule is C=CCOC(=O)N[C@@H]1C(OC(=O)c2ccc([N+](=O)[O-])cc2)[C@H](O[C@H]2/C=C/C=C/C=C/C=C/C=C/C=C/C=C/[C@H](C)[C@@H](C)[C@@H](C)[C@H](C)OC(=O)C[C@H]3C[C@@H](CC[C@@H](O[Si](CC)(CC)C(C)C)[C@H]4C[C@@H](C[C@]5(OC)C[C@H](O[Si](CC)(CC)C(C)C)[C@@H](C(=O)OCC=C)C(C2)O5)OC(P(C)P)O4)OC(P(C)P)O3)O[C@H](C)[C@H]1O[Si](CC)(CC)C(C)C. The number of fused-ring (bicyclic) bond motifs is 6. The molecule has 6 bridgehead atoms. The van der Waals surface area contributed by atoms with Gasteiger partial charge < -0.3 is 75.4 Å². The number of nitrogens with zero attached hydrogens (tertiary/aromatic N) is 1. The highest BCUT2D eigenvalue weighted by atomic mass is 32.0. The fraction of sp³-hybridized carbons (Fsp3) is 0.682. The van der Waals surface area contributed by atoms with Gasteiger partial charge in [-0.05, 0) is 138 Å². The lowest BCUT2D eigenvalue weighted by Crippen LogP contribution is -2.68. The molecule has 4 saturated heterocycles. The van der Waals surface area contributed by atoms with Crippen LogP contribution in [-0.4, -0.2) is 191 Å². The highest BCUT2D eigenvalue weighted by molar-refractivity contribution is 8.13. The van der Waals surface area contributed by atoms with Gasteiger partial charge in [-0.2, -0.15) is 0 Å². The van der Waals surface area contributed by atoms with E-state index in [9.17, 15) is 24.5 Å². The van der Waals surface area contributed by atoms with E-state index in [0.29, 0.717) is 37.8 Å². The number of allylic oxidation sites excluding steroid dienone is 13. The molecule has 118 heavy (non-hydrogen) atoms. The second-order valence-corrected chi connectivity index (χ2v) is 56.5. The number of amides is 1. The van der Waals surface area contributed by atoms with Crippen LogP contribution in [0.1, 0.15) is 179 Å². The Labute approximate surface area is 716 Å². The van der Waals surface area contributed by atoms with Crippen molar-refractivity contribution < 1.29 is 94.2 Å². The van der Waals surface area contributed by atoms with Crippen molar-refractivity contribution >= 4 is 87.7 Å². The third-order valence-corrected chi connectivity index (χ3v) is 44.1. The Kier molecular flexibility index (Phi) is 43.6. The Hall–Kier alpha value is -4.11. The van der Waals surface area contributed by atoms with Crippen LogP contribution in [0.15, 0.2) is 135 Å². The molecule has 0 aliphatic carbocycles. The first-order valence-electron chi connectivity index (χ1n) is 42.9. The zero-order chi connectivity index (χ0) is 87.2. The first kappa shape index (κ1) is 103. The van der Waals surface area contributed by atoms with Crippen molar-refractivity contribution in [2.24, 2.45) is 23.7 Å². The third-order valence-electron chi connectivity index (χ3n) is 25.0. The number of ether oxygens (including phenoxy) is 12. The van der Waals surface area contributed by atoms with Gasteiger partial charge in [-0.1, -0.05) is 214 Å². The smallest absolute Gasteiger partial charge is 0.407 e. The molecular formula is C88H144N2O21P4Si3. The number of alkyl carbamates (subject to hydrolysis) is 1. The third kappa shape index (κ3) is 29.2. The molecule has 664 valence electrons. The molecule has 23 nitrogen and oxygen atoms in total. The molecule has 1 aromatic rings. The molecular weight excluding hydrogens is 1630 g/mol. The van der Waals surface area contributed by atoms with Crippen LogP contribution in [0.2, 0.25) is 52.9 Å². The summed E-state index contributed by atoms with van der Waals surface area (Å²) in [6.45, 7) is 48.0. The van der Waals surface area contributed by atoms with E-state index in [1.54, 1.807) is 7.11 Å². The topological polar surface area (TPSA) is 262 Å². The molecule has 25 atom stereocenters. The molecule has 30 heteroatoms. The maximum atomic E-state index is 15.6. The van der Waals surface area contributed by atoms with Crippen molar-refractivity contribution in [1.29, 1.82) is 0 Å². The number of non-ortho nitro benzene ring substituents is 1. The summed E-state index contributed by atoms with van der Waals surface area (Å²) in [5.41, 5.74) is 0.166. The second-order valence-electron chi connectivity index (χ2n) is 33.3. The lowest BCUT2D eigenvalue weighted by Gasteiger charge is -2.52. The van der Waals surface area contributed by atoms with Crippen LogP contribution in [-0.2, 0) is 79.7 Å². The molecule has 5 heterocycles. The van der Waals surface area contributed by atoms with Gasteiger partial charge in [-0.3, -0.25) is 19.7 Å². The van der Waals surface area contributed by atoms with Crippen LogP contribution >= 0.6 is 33.1 Å².